The van der Waals surface area contributed by atoms with Crippen molar-refractivity contribution in [1.29, 1.82) is 0 Å². The van der Waals surface area contributed by atoms with E-state index in [1.165, 1.54) is 0 Å². The fourth-order valence-electron chi connectivity index (χ4n) is 2.43. The number of hydrogen-bond acceptors (Lipinski definition) is 1. The number of rotatable bonds is 0. The lowest BCUT2D eigenvalue weighted by Crippen LogP contribution is -2.05. The van der Waals surface area contributed by atoms with Crippen LogP contribution in [0.15, 0.2) is 34.8 Å². The Kier molecular flexibility index (Phi) is 3.42. The van der Waals surface area contributed by atoms with Crippen molar-refractivity contribution in [2.45, 2.75) is 12.8 Å². The summed E-state index contributed by atoms with van der Waals surface area (Å²) in [6.45, 7) is 0. The summed E-state index contributed by atoms with van der Waals surface area (Å²) >= 11 is 15.7. The maximum Gasteiger partial charge on any atom is 0.195 e. The first-order valence-electron chi connectivity index (χ1n) is 5.88. The highest BCUT2D eigenvalue weighted by Gasteiger charge is 2.24. The first-order chi connectivity index (χ1) is 9.08. The number of hydrogen-bond donors (Lipinski definition) is 0. The minimum atomic E-state index is -0.0451. The van der Waals surface area contributed by atoms with Crippen LogP contribution in [0, 0.1) is 0 Å². The van der Waals surface area contributed by atoms with E-state index in [2.05, 4.69) is 15.9 Å². The van der Waals surface area contributed by atoms with Gasteiger partial charge in [-0.1, -0.05) is 51.3 Å². The molecular formula is C15H9BrCl2O. The number of carbonyl (C=O) groups excluding carboxylic acids is 1. The predicted octanol–water partition coefficient (Wildman–Crippen LogP) is 5.09. The van der Waals surface area contributed by atoms with E-state index in [0.29, 0.717) is 21.2 Å². The Labute approximate surface area is 129 Å². The summed E-state index contributed by atoms with van der Waals surface area (Å²) in [6.07, 6.45) is 1.63. The zero-order valence-electron chi connectivity index (χ0n) is 9.84. The SMILES string of the molecule is O=C1c2cc(Br)ccc2CCc2ccc(Cl)c(Cl)c21. The van der Waals surface area contributed by atoms with Gasteiger partial charge in [-0.3, -0.25) is 4.79 Å². The lowest BCUT2D eigenvalue weighted by molar-refractivity contribution is 0.103. The number of aryl methyl sites for hydroxylation is 2. The smallest absolute Gasteiger partial charge is 0.195 e. The van der Waals surface area contributed by atoms with E-state index in [-0.39, 0.29) is 5.78 Å². The van der Waals surface area contributed by atoms with E-state index in [1.807, 2.05) is 24.3 Å². The van der Waals surface area contributed by atoms with Crippen molar-refractivity contribution in [3.63, 3.8) is 0 Å². The Hall–Kier alpha value is -0.830. The molecule has 2 aromatic rings. The molecule has 0 radical (unpaired) electrons. The van der Waals surface area contributed by atoms with Gasteiger partial charge in [0.2, 0.25) is 0 Å². The lowest BCUT2D eigenvalue weighted by atomic mass is 9.99. The summed E-state index contributed by atoms with van der Waals surface area (Å²) in [4.78, 5) is 12.7. The molecular weight excluding hydrogens is 347 g/mol. The molecule has 0 heterocycles. The molecule has 1 aliphatic carbocycles. The maximum atomic E-state index is 12.7. The molecule has 0 N–H and O–H groups in total. The van der Waals surface area contributed by atoms with Crippen LogP contribution in [0.3, 0.4) is 0 Å². The summed E-state index contributed by atoms with van der Waals surface area (Å²) in [5.41, 5.74) is 3.27. The van der Waals surface area contributed by atoms with E-state index in [9.17, 15) is 4.79 Å². The van der Waals surface area contributed by atoms with Crippen molar-refractivity contribution >= 4 is 44.9 Å². The van der Waals surface area contributed by atoms with Crippen LogP contribution in [0.2, 0.25) is 10.0 Å². The molecule has 1 aliphatic rings. The van der Waals surface area contributed by atoms with Crippen molar-refractivity contribution in [2.75, 3.05) is 0 Å². The molecule has 0 atom stereocenters. The highest BCUT2D eigenvalue weighted by molar-refractivity contribution is 9.10. The minimum absolute atomic E-state index is 0.0451. The van der Waals surface area contributed by atoms with E-state index in [4.69, 9.17) is 23.2 Å². The molecule has 0 unspecified atom stereocenters. The Bertz CT molecular complexity index is 695. The number of ketones is 1. The van der Waals surface area contributed by atoms with Crippen LogP contribution in [-0.2, 0) is 12.8 Å². The van der Waals surface area contributed by atoms with Gasteiger partial charge in [-0.05, 0) is 42.2 Å². The van der Waals surface area contributed by atoms with Gasteiger partial charge in [0.15, 0.2) is 5.78 Å². The monoisotopic (exact) mass is 354 g/mol. The molecule has 3 rings (SSSR count). The summed E-state index contributed by atoms with van der Waals surface area (Å²) < 4.78 is 0.890. The minimum Gasteiger partial charge on any atom is -0.289 e. The average molecular weight is 356 g/mol. The number of fused-ring (bicyclic) bond motifs is 2. The third kappa shape index (κ3) is 2.22. The Morgan fingerprint density at radius 2 is 1.68 bits per heavy atom. The Balaban J connectivity index is 2.27. The van der Waals surface area contributed by atoms with Crippen molar-refractivity contribution in [1.82, 2.24) is 0 Å². The summed E-state index contributed by atoms with van der Waals surface area (Å²) in [6, 6.07) is 9.43. The molecule has 0 spiro atoms. The van der Waals surface area contributed by atoms with Crippen LogP contribution in [0.25, 0.3) is 0 Å². The molecule has 19 heavy (non-hydrogen) atoms. The summed E-state index contributed by atoms with van der Waals surface area (Å²) in [7, 11) is 0. The molecule has 0 saturated heterocycles. The van der Waals surface area contributed by atoms with Crippen molar-refractivity contribution in [2.24, 2.45) is 0 Å². The molecule has 0 saturated carbocycles. The second kappa shape index (κ2) is 4.93. The number of carbonyl (C=O) groups is 1. The molecule has 0 amide bonds. The van der Waals surface area contributed by atoms with E-state index >= 15 is 0 Å². The van der Waals surface area contributed by atoms with Crippen LogP contribution in [0.5, 0.6) is 0 Å². The Morgan fingerprint density at radius 1 is 1.00 bits per heavy atom. The van der Waals surface area contributed by atoms with Gasteiger partial charge in [0.1, 0.15) is 0 Å². The van der Waals surface area contributed by atoms with Gasteiger partial charge in [-0.2, -0.15) is 0 Å². The number of benzene rings is 2. The normalized spacial score (nSPS) is 13.7. The van der Waals surface area contributed by atoms with Crippen molar-refractivity contribution in [3.05, 3.63) is 67.1 Å². The van der Waals surface area contributed by atoms with Crippen LogP contribution in [-0.4, -0.2) is 5.78 Å². The predicted molar refractivity (Wildman–Crippen MR) is 81.4 cm³/mol. The molecule has 96 valence electrons. The molecule has 1 nitrogen and oxygen atoms in total. The highest BCUT2D eigenvalue weighted by Crippen LogP contribution is 2.34. The van der Waals surface area contributed by atoms with E-state index < -0.39 is 0 Å². The molecule has 2 aromatic carbocycles. The largest absolute Gasteiger partial charge is 0.289 e. The first-order valence-corrected chi connectivity index (χ1v) is 7.43. The van der Waals surface area contributed by atoms with Gasteiger partial charge in [0.25, 0.3) is 0 Å². The van der Waals surface area contributed by atoms with Crippen molar-refractivity contribution in [3.8, 4) is 0 Å². The topological polar surface area (TPSA) is 17.1 Å². The second-order valence-electron chi connectivity index (χ2n) is 4.53. The molecule has 0 bridgehead atoms. The van der Waals surface area contributed by atoms with E-state index in [0.717, 1.165) is 28.4 Å². The van der Waals surface area contributed by atoms with Crippen molar-refractivity contribution < 1.29 is 4.79 Å². The quantitative estimate of drug-likeness (QED) is 0.643. The van der Waals surface area contributed by atoms with Gasteiger partial charge < -0.3 is 0 Å². The third-order valence-electron chi connectivity index (χ3n) is 3.39. The molecule has 4 heteroatoms. The summed E-state index contributed by atoms with van der Waals surface area (Å²) in [5, 5.41) is 0.782. The highest BCUT2D eigenvalue weighted by atomic mass is 79.9. The third-order valence-corrected chi connectivity index (χ3v) is 4.69. The molecule has 0 aromatic heterocycles. The van der Waals surface area contributed by atoms with Gasteiger partial charge >= 0.3 is 0 Å². The fourth-order valence-corrected chi connectivity index (χ4v) is 3.22. The van der Waals surface area contributed by atoms with Gasteiger partial charge in [-0.15, -0.1) is 0 Å². The number of halogens is 3. The maximum absolute atomic E-state index is 12.7. The Morgan fingerprint density at radius 3 is 2.47 bits per heavy atom. The zero-order chi connectivity index (χ0) is 13.6. The zero-order valence-corrected chi connectivity index (χ0v) is 12.9. The van der Waals surface area contributed by atoms with Gasteiger partial charge in [-0.25, -0.2) is 0 Å². The molecule has 0 aliphatic heterocycles. The molecule has 0 fully saturated rings. The van der Waals surface area contributed by atoms with Crippen LogP contribution < -0.4 is 0 Å². The lowest BCUT2D eigenvalue weighted by Gasteiger charge is -2.09. The van der Waals surface area contributed by atoms with Gasteiger partial charge in [0.05, 0.1) is 10.0 Å². The van der Waals surface area contributed by atoms with Crippen LogP contribution >= 0.6 is 39.1 Å². The first kappa shape index (κ1) is 13.2. The van der Waals surface area contributed by atoms with Crippen LogP contribution in [0.1, 0.15) is 27.0 Å². The van der Waals surface area contributed by atoms with Crippen LogP contribution in [0.4, 0.5) is 0 Å². The average Bonchev–Trinajstić information content (AvgIpc) is 2.53. The fraction of sp³-hybridized carbons (Fsp3) is 0.133. The van der Waals surface area contributed by atoms with E-state index in [1.54, 1.807) is 6.07 Å². The second-order valence-corrected chi connectivity index (χ2v) is 6.23. The summed E-state index contributed by atoms with van der Waals surface area (Å²) in [5.74, 6) is -0.0451. The van der Waals surface area contributed by atoms with Gasteiger partial charge in [0, 0.05) is 15.6 Å². The standard InChI is InChI=1S/C15H9BrCl2O/c16-10-5-3-8-1-2-9-4-6-12(17)14(18)13(9)15(19)11(8)7-10/h3-7H,1-2H2.